The third kappa shape index (κ3) is 6.50. The van der Waals surface area contributed by atoms with E-state index in [2.05, 4.69) is 10.6 Å². The van der Waals surface area contributed by atoms with Crippen molar-refractivity contribution in [1.82, 2.24) is 9.62 Å². The SMILES string of the molecule is CC(=O)Nc1ccc(/C=C/C(=O)NCC2CCN(S(=O)(=O)c3ccccc3)CC2)cc1. The Balaban J connectivity index is 1.43. The van der Waals surface area contributed by atoms with Gasteiger partial charge in [0.05, 0.1) is 4.90 Å². The Morgan fingerprint density at radius 3 is 2.29 bits per heavy atom. The first-order chi connectivity index (χ1) is 14.8. The third-order valence-corrected chi connectivity index (χ3v) is 7.09. The van der Waals surface area contributed by atoms with Gasteiger partial charge >= 0.3 is 0 Å². The van der Waals surface area contributed by atoms with Crippen molar-refractivity contribution in [3.05, 3.63) is 66.2 Å². The molecule has 2 amide bonds. The maximum absolute atomic E-state index is 12.7. The smallest absolute Gasteiger partial charge is 0.244 e. The van der Waals surface area contributed by atoms with Crippen molar-refractivity contribution >= 4 is 33.6 Å². The average molecular weight is 442 g/mol. The van der Waals surface area contributed by atoms with Gasteiger partial charge in [0.25, 0.3) is 0 Å². The number of anilines is 1. The number of hydrogen-bond donors (Lipinski definition) is 2. The topological polar surface area (TPSA) is 95.6 Å². The van der Waals surface area contributed by atoms with Crippen LogP contribution in [0.25, 0.3) is 6.08 Å². The molecule has 164 valence electrons. The van der Waals surface area contributed by atoms with E-state index in [-0.39, 0.29) is 17.7 Å². The summed E-state index contributed by atoms with van der Waals surface area (Å²) in [7, 11) is -3.45. The molecule has 2 aromatic rings. The summed E-state index contributed by atoms with van der Waals surface area (Å²) in [5, 5.41) is 5.59. The molecule has 0 aliphatic carbocycles. The van der Waals surface area contributed by atoms with Gasteiger partial charge in [0.15, 0.2) is 0 Å². The van der Waals surface area contributed by atoms with Gasteiger partial charge in [-0.05, 0) is 54.7 Å². The van der Waals surface area contributed by atoms with Crippen LogP contribution in [0.5, 0.6) is 0 Å². The molecule has 1 saturated heterocycles. The van der Waals surface area contributed by atoms with Crippen LogP contribution in [-0.4, -0.2) is 44.2 Å². The van der Waals surface area contributed by atoms with Crippen LogP contribution in [0, 0.1) is 5.92 Å². The highest BCUT2D eigenvalue weighted by Gasteiger charge is 2.29. The molecule has 1 aliphatic heterocycles. The summed E-state index contributed by atoms with van der Waals surface area (Å²) in [5.74, 6) is -0.0760. The van der Waals surface area contributed by atoms with E-state index in [1.807, 2.05) is 12.1 Å². The second-order valence-corrected chi connectivity index (χ2v) is 9.48. The molecule has 0 unspecified atom stereocenters. The van der Waals surface area contributed by atoms with Crippen LogP contribution in [0.4, 0.5) is 5.69 Å². The van der Waals surface area contributed by atoms with Crippen LogP contribution >= 0.6 is 0 Å². The molecule has 0 saturated carbocycles. The van der Waals surface area contributed by atoms with Crippen molar-refractivity contribution < 1.29 is 18.0 Å². The highest BCUT2D eigenvalue weighted by Crippen LogP contribution is 2.23. The lowest BCUT2D eigenvalue weighted by Crippen LogP contribution is -2.41. The van der Waals surface area contributed by atoms with Crippen molar-refractivity contribution in [3.8, 4) is 0 Å². The molecule has 1 aliphatic rings. The van der Waals surface area contributed by atoms with Gasteiger partial charge in [0.2, 0.25) is 21.8 Å². The van der Waals surface area contributed by atoms with E-state index in [4.69, 9.17) is 0 Å². The number of benzene rings is 2. The predicted molar refractivity (Wildman–Crippen MR) is 121 cm³/mol. The number of hydrogen-bond acceptors (Lipinski definition) is 4. The largest absolute Gasteiger partial charge is 0.352 e. The van der Waals surface area contributed by atoms with Gasteiger partial charge in [-0.25, -0.2) is 8.42 Å². The summed E-state index contributed by atoms with van der Waals surface area (Å²) in [5.41, 5.74) is 1.55. The number of amides is 2. The minimum atomic E-state index is -3.45. The quantitative estimate of drug-likeness (QED) is 0.646. The maximum atomic E-state index is 12.7. The maximum Gasteiger partial charge on any atom is 0.244 e. The van der Waals surface area contributed by atoms with Gasteiger partial charge in [-0.3, -0.25) is 9.59 Å². The fourth-order valence-corrected chi connectivity index (χ4v) is 4.94. The average Bonchev–Trinajstić information content (AvgIpc) is 2.78. The van der Waals surface area contributed by atoms with E-state index < -0.39 is 10.0 Å². The van der Waals surface area contributed by atoms with E-state index in [0.29, 0.717) is 43.1 Å². The van der Waals surface area contributed by atoms with Crippen molar-refractivity contribution in [1.29, 1.82) is 0 Å². The molecular weight excluding hydrogens is 414 g/mol. The van der Waals surface area contributed by atoms with Crippen LogP contribution in [0.2, 0.25) is 0 Å². The van der Waals surface area contributed by atoms with E-state index in [9.17, 15) is 18.0 Å². The fourth-order valence-electron chi connectivity index (χ4n) is 3.45. The number of carbonyl (C=O) groups excluding carboxylic acids is 2. The summed E-state index contributed by atoms with van der Waals surface area (Å²) < 4.78 is 26.9. The highest BCUT2D eigenvalue weighted by molar-refractivity contribution is 7.89. The number of nitrogens with one attached hydrogen (secondary N) is 2. The fraction of sp³-hybridized carbons (Fsp3) is 0.304. The van der Waals surface area contributed by atoms with Gasteiger partial charge in [-0.15, -0.1) is 0 Å². The third-order valence-electron chi connectivity index (χ3n) is 5.18. The molecule has 1 heterocycles. The van der Waals surface area contributed by atoms with E-state index in [1.165, 1.54) is 17.3 Å². The zero-order valence-corrected chi connectivity index (χ0v) is 18.3. The predicted octanol–water partition coefficient (Wildman–Crippen LogP) is 2.88. The monoisotopic (exact) mass is 441 g/mol. The molecule has 0 radical (unpaired) electrons. The number of piperidine rings is 1. The molecule has 2 N–H and O–H groups in total. The molecule has 0 aromatic heterocycles. The molecule has 3 rings (SSSR count). The molecule has 2 aromatic carbocycles. The lowest BCUT2D eigenvalue weighted by atomic mass is 9.98. The first-order valence-electron chi connectivity index (χ1n) is 10.2. The van der Waals surface area contributed by atoms with Crippen LogP contribution in [0.3, 0.4) is 0 Å². The Hall–Kier alpha value is -2.97. The number of rotatable bonds is 7. The molecule has 0 atom stereocenters. The standard InChI is InChI=1S/C23H27N3O4S/c1-18(27)25-21-10-7-19(8-11-21)9-12-23(28)24-17-20-13-15-26(16-14-20)31(29,30)22-5-3-2-4-6-22/h2-12,20H,13-17H2,1H3,(H,24,28)(H,25,27)/b12-9+. The van der Waals surface area contributed by atoms with Crippen molar-refractivity contribution in [3.63, 3.8) is 0 Å². The number of nitrogens with zero attached hydrogens (tertiary/aromatic N) is 1. The minimum absolute atomic E-state index is 0.133. The van der Waals surface area contributed by atoms with E-state index in [0.717, 1.165) is 5.56 Å². The zero-order valence-electron chi connectivity index (χ0n) is 17.5. The molecule has 0 spiro atoms. The molecule has 0 bridgehead atoms. The summed E-state index contributed by atoms with van der Waals surface area (Å²) in [6, 6.07) is 15.6. The summed E-state index contributed by atoms with van der Waals surface area (Å²) in [4.78, 5) is 23.5. The number of sulfonamides is 1. The van der Waals surface area contributed by atoms with Crippen molar-refractivity contribution in [2.24, 2.45) is 5.92 Å². The summed E-state index contributed by atoms with van der Waals surface area (Å²) in [6.45, 7) is 2.87. The minimum Gasteiger partial charge on any atom is -0.352 e. The van der Waals surface area contributed by atoms with Gasteiger partial charge < -0.3 is 10.6 Å². The first kappa shape index (κ1) is 22.7. The van der Waals surface area contributed by atoms with Gasteiger partial charge in [-0.2, -0.15) is 4.31 Å². The van der Waals surface area contributed by atoms with Gasteiger partial charge in [0.1, 0.15) is 0 Å². The Morgan fingerprint density at radius 1 is 1.03 bits per heavy atom. The van der Waals surface area contributed by atoms with Crippen molar-refractivity contribution in [2.75, 3.05) is 25.0 Å². The van der Waals surface area contributed by atoms with Gasteiger partial charge in [0, 0.05) is 38.3 Å². The van der Waals surface area contributed by atoms with Crippen LogP contribution in [-0.2, 0) is 19.6 Å². The van der Waals surface area contributed by atoms with E-state index in [1.54, 1.807) is 48.5 Å². The molecule has 7 nitrogen and oxygen atoms in total. The molecule has 31 heavy (non-hydrogen) atoms. The molecule has 1 fully saturated rings. The summed E-state index contributed by atoms with van der Waals surface area (Å²) in [6.07, 6.45) is 4.60. The highest BCUT2D eigenvalue weighted by atomic mass is 32.2. The van der Waals surface area contributed by atoms with Crippen LogP contribution < -0.4 is 10.6 Å². The van der Waals surface area contributed by atoms with Crippen LogP contribution in [0.1, 0.15) is 25.3 Å². The molecular formula is C23H27N3O4S. The number of carbonyl (C=O) groups is 2. The second kappa shape index (κ2) is 10.4. The molecule has 8 heteroatoms. The second-order valence-electron chi connectivity index (χ2n) is 7.54. The zero-order chi connectivity index (χ0) is 22.3. The lowest BCUT2D eigenvalue weighted by molar-refractivity contribution is -0.116. The Labute approximate surface area is 183 Å². The van der Waals surface area contributed by atoms with Gasteiger partial charge in [-0.1, -0.05) is 30.3 Å². The first-order valence-corrected chi connectivity index (χ1v) is 11.7. The Bertz CT molecular complexity index is 1030. The lowest BCUT2D eigenvalue weighted by Gasteiger charge is -2.31. The van der Waals surface area contributed by atoms with Crippen LogP contribution in [0.15, 0.2) is 65.6 Å². The van der Waals surface area contributed by atoms with Crippen molar-refractivity contribution in [2.45, 2.75) is 24.7 Å². The normalized spacial score (nSPS) is 15.6. The Kier molecular flexibility index (Phi) is 7.59. The summed E-state index contributed by atoms with van der Waals surface area (Å²) >= 11 is 0. The van der Waals surface area contributed by atoms with E-state index >= 15 is 0 Å². The Morgan fingerprint density at radius 2 is 1.68 bits per heavy atom.